The van der Waals surface area contributed by atoms with E-state index >= 15 is 0 Å². The van der Waals surface area contributed by atoms with Crippen LogP contribution in [-0.2, 0) is 16.0 Å². The van der Waals surface area contributed by atoms with Gasteiger partial charge >= 0.3 is 11.8 Å². The van der Waals surface area contributed by atoms with Crippen LogP contribution in [0.5, 0.6) is 0 Å². The second kappa shape index (κ2) is 6.86. The maximum Gasteiger partial charge on any atom is 0.313 e. The Kier molecular flexibility index (Phi) is 4.90. The largest absolute Gasteiger partial charge is 0.345 e. The van der Waals surface area contributed by atoms with Crippen molar-refractivity contribution in [2.45, 2.75) is 19.4 Å². The molecule has 0 fully saturated rings. The predicted molar refractivity (Wildman–Crippen MR) is 80.7 cm³/mol. The molecule has 0 radical (unpaired) electrons. The zero-order valence-electron chi connectivity index (χ0n) is 11.1. The lowest BCUT2D eigenvalue weighted by Crippen LogP contribution is -2.41. The van der Waals surface area contributed by atoms with Gasteiger partial charge in [-0.25, -0.2) is 0 Å². The molecule has 2 amide bonds. The average molecular weight is 288 g/mol. The van der Waals surface area contributed by atoms with Crippen LogP contribution in [0.4, 0.5) is 5.69 Å². The molecule has 20 heavy (non-hydrogen) atoms. The summed E-state index contributed by atoms with van der Waals surface area (Å²) in [5.74, 6) is -1.26. The van der Waals surface area contributed by atoms with Crippen molar-refractivity contribution in [1.29, 1.82) is 0 Å². The Bertz CT molecular complexity index is 567. The molecule has 4 nitrogen and oxygen atoms in total. The third kappa shape index (κ3) is 4.20. The van der Waals surface area contributed by atoms with Gasteiger partial charge in [0.1, 0.15) is 0 Å². The topological polar surface area (TPSA) is 58.2 Å². The zero-order valence-corrected chi connectivity index (χ0v) is 11.9. The fraction of sp³-hybridized carbons (Fsp3) is 0.200. The van der Waals surface area contributed by atoms with Crippen molar-refractivity contribution in [2.75, 3.05) is 5.32 Å². The van der Waals surface area contributed by atoms with E-state index in [2.05, 4.69) is 10.6 Å². The van der Waals surface area contributed by atoms with Gasteiger partial charge in [-0.15, -0.1) is 11.3 Å². The number of thiophene rings is 1. The van der Waals surface area contributed by atoms with Crippen LogP contribution in [0.15, 0.2) is 47.8 Å². The molecule has 0 saturated carbocycles. The fourth-order valence-electron chi connectivity index (χ4n) is 1.78. The van der Waals surface area contributed by atoms with Crippen LogP contribution >= 0.6 is 11.3 Å². The van der Waals surface area contributed by atoms with E-state index in [4.69, 9.17) is 0 Å². The summed E-state index contributed by atoms with van der Waals surface area (Å²) >= 11 is 1.64. The molecule has 1 heterocycles. The molecule has 0 aliphatic rings. The number of hydrogen-bond acceptors (Lipinski definition) is 3. The number of anilines is 1. The summed E-state index contributed by atoms with van der Waals surface area (Å²) in [5, 5.41) is 7.24. The van der Waals surface area contributed by atoms with Gasteiger partial charge in [0.25, 0.3) is 0 Å². The number of carbonyl (C=O) groups excluding carboxylic acids is 2. The summed E-state index contributed by atoms with van der Waals surface area (Å²) in [7, 11) is 0. The van der Waals surface area contributed by atoms with Crippen molar-refractivity contribution in [2.24, 2.45) is 0 Å². The molecule has 0 bridgehead atoms. The fourth-order valence-corrected chi connectivity index (χ4v) is 2.62. The summed E-state index contributed by atoms with van der Waals surface area (Å²) < 4.78 is 0. The van der Waals surface area contributed by atoms with Crippen molar-refractivity contribution in [3.63, 3.8) is 0 Å². The minimum atomic E-state index is -0.644. The van der Waals surface area contributed by atoms with Crippen molar-refractivity contribution < 1.29 is 9.59 Å². The second-order valence-corrected chi connectivity index (χ2v) is 5.51. The van der Waals surface area contributed by atoms with Gasteiger partial charge in [0, 0.05) is 23.0 Å². The van der Waals surface area contributed by atoms with Crippen LogP contribution in [0.25, 0.3) is 0 Å². The smallest absolute Gasteiger partial charge is 0.313 e. The number of carbonyl (C=O) groups is 2. The summed E-state index contributed by atoms with van der Waals surface area (Å²) in [6.45, 7) is 1.88. The normalized spacial score (nSPS) is 11.7. The van der Waals surface area contributed by atoms with Gasteiger partial charge in [-0.1, -0.05) is 24.3 Å². The highest BCUT2D eigenvalue weighted by Crippen LogP contribution is 2.11. The third-order valence-electron chi connectivity index (χ3n) is 2.70. The van der Waals surface area contributed by atoms with Gasteiger partial charge in [-0.2, -0.15) is 0 Å². The summed E-state index contributed by atoms with van der Waals surface area (Å²) in [6, 6.07) is 12.8. The minimum Gasteiger partial charge on any atom is -0.345 e. The molecular formula is C15H16N2O2S. The molecule has 2 N–H and O–H groups in total. The summed E-state index contributed by atoms with van der Waals surface area (Å²) in [5.41, 5.74) is 0.610. The van der Waals surface area contributed by atoms with E-state index in [1.807, 2.05) is 30.5 Å². The maximum atomic E-state index is 11.8. The highest BCUT2D eigenvalue weighted by atomic mass is 32.1. The first-order chi connectivity index (χ1) is 9.65. The van der Waals surface area contributed by atoms with Crippen LogP contribution in [0, 0.1) is 0 Å². The van der Waals surface area contributed by atoms with Gasteiger partial charge in [-0.05, 0) is 30.5 Å². The molecular weight excluding hydrogens is 272 g/mol. The Balaban J connectivity index is 1.83. The molecule has 0 aliphatic carbocycles. The monoisotopic (exact) mass is 288 g/mol. The molecule has 1 aromatic carbocycles. The second-order valence-electron chi connectivity index (χ2n) is 4.48. The van der Waals surface area contributed by atoms with Gasteiger partial charge in [0.2, 0.25) is 0 Å². The number of rotatable bonds is 4. The van der Waals surface area contributed by atoms with Crippen LogP contribution in [0.2, 0.25) is 0 Å². The van der Waals surface area contributed by atoms with Gasteiger partial charge < -0.3 is 10.6 Å². The first-order valence-corrected chi connectivity index (χ1v) is 7.22. The highest BCUT2D eigenvalue weighted by molar-refractivity contribution is 7.09. The molecule has 2 rings (SSSR count). The lowest BCUT2D eigenvalue weighted by atomic mass is 10.2. The molecule has 0 saturated heterocycles. The Morgan fingerprint density at radius 2 is 1.85 bits per heavy atom. The van der Waals surface area contributed by atoms with E-state index in [-0.39, 0.29) is 6.04 Å². The number of benzene rings is 1. The van der Waals surface area contributed by atoms with E-state index in [0.717, 1.165) is 6.42 Å². The van der Waals surface area contributed by atoms with Crippen molar-refractivity contribution >= 4 is 28.8 Å². The standard InChI is InChI=1S/C15H16N2O2S/c1-11(10-13-8-5-9-20-13)16-14(18)15(19)17-12-6-3-2-4-7-12/h2-9,11H,10H2,1H3,(H,16,18)(H,17,19)/t11-/m1/s1. The number of para-hydroxylation sites is 1. The number of nitrogens with one attached hydrogen (secondary N) is 2. The lowest BCUT2D eigenvalue weighted by Gasteiger charge is -2.12. The van der Waals surface area contributed by atoms with E-state index < -0.39 is 11.8 Å². The van der Waals surface area contributed by atoms with E-state index in [0.29, 0.717) is 5.69 Å². The van der Waals surface area contributed by atoms with Crippen LogP contribution in [0.3, 0.4) is 0 Å². The lowest BCUT2D eigenvalue weighted by molar-refractivity contribution is -0.136. The molecule has 0 unspecified atom stereocenters. The maximum absolute atomic E-state index is 11.8. The van der Waals surface area contributed by atoms with Crippen LogP contribution in [0.1, 0.15) is 11.8 Å². The Morgan fingerprint density at radius 1 is 1.10 bits per heavy atom. The third-order valence-corrected chi connectivity index (χ3v) is 3.60. The molecule has 2 aromatic rings. The quantitative estimate of drug-likeness (QED) is 0.849. The molecule has 0 spiro atoms. The molecule has 1 atom stereocenters. The number of amides is 2. The molecule has 1 aromatic heterocycles. The van der Waals surface area contributed by atoms with Crippen molar-refractivity contribution in [3.05, 3.63) is 52.7 Å². The van der Waals surface area contributed by atoms with E-state index in [9.17, 15) is 9.59 Å². The van der Waals surface area contributed by atoms with Crippen molar-refractivity contribution in [3.8, 4) is 0 Å². The predicted octanol–water partition coefficient (Wildman–Crippen LogP) is 2.43. The van der Waals surface area contributed by atoms with Gasteiger partial charge in [0.05, 0.1) is 0 Å². The minimum absolute atomic E-state index is 0.0809. The highest BCUT2D eigenvalue weighted by Gasteiger charge is 2.16. The average Bonchev–Trinajstić information content (AvgIpc) is 2.92. The Morgan fingerprint density at radius 3 is 2.50 bits per heavy atom. The van der Waals surface area contributed by atoms with Gasteiger partial charge in [0.15, 0.2) is 0 Å². The SMILES string of the molecule is C[C@H](Cc1cccs1)NC(=O)C(=O)Nc1ccccc1. The summed E-state index contributed by atoms with van der Waals surface area (Å²) in [4.78, 5) is 24.7. The first-order valence-electron chi connectivity index (χ1n) is 6.34. The Labute approximate surface area is 121 Å². The van der Waals surface area contributed by atoms with Crippen LogP contribution < -0.4 is 10.6 Å². The van der Waals surface area contributed by atoms with E-state index in [1.54, 1.807) is 35.6 Å². The zero-order chi connectivity index (χ0) is 14.4. The first kappa shape index (κ1) is 14.3. The number of hydrogen-bond donors (Lipinski definition) is 2. The molecule has 0 aliphatic heterocycles. The summed E-state index contributed by atoms with van der Waals surface area (Å²) in [6.07, 6.45) is 0.724. The van der Waals surface area contributed by atoms with Crippen molar-refractivity contribution in [1.82, 2.24) is 5.32 Å². The van der Waals surface area contributed by atoms with E-state index in [1.165, 1.54) is 4.88 Å². The molecule has 104 valence electrons. The van der Waals surface area contributed by atoms with Crippen LogP contribution in [-0.4, -0.2) is 17.9 Å². The molecule has 5 heteroatoms. The van der Waals surface area contributed by atoms with Gasteiger partial charge in [-0.3, -0.25) is 9.59 Å². The Hall–Kier alpha value is -2.14.